The van der Waals surface area contributed by atoms with Gasteiger partial charge < -0.3 is 14.0 Å². The normalized spacial score (nSPS) is 11.0. The summed E-state index contributed by atoms with van der Waals surface area (Å²) in [6.07, 6.45) is 5.27. The smallest absolute Gasteiger partial charge is 0.276 e. The molecule has 3 heterocycles. The van der Waals surface area contributed by atoms with Crippen molar-refractivity contribution in [3.63, 3.8) is 0 Å². The van der Waals surface area contributed by atoms with Crippen LogP contribution in [0.25, 0.3) is 16.8 Å². The second kappa shape index (κ2) is 7.43. The molecule has 7 heteroatoms. The second-order valence-electron chi connectivity index (χ2n) is 6.84. The topological polar surface area (TPSA) is 70.7 Å². The molecule has 0 saturated carbocycles. The molecule has 0 fully saturated rings. The fourth-order valence-corrected chi connectivity index (χ4v) is 3.53. The van der Waals surface area contributed by atoms with Crippen molar-refractivity contribution in [2.24, 2.45) is 0 Å². The van der Waals surface area contributed by atoms with Crippen LogP contribution < -0.4 is 15.0 Å². The Morgan fingerprint density at radius 1 is 1.07 bits per heavy atom. The summed E-state index contributed by atoms with van der Waals surface area (Å²) < 4.78 is 14.1. The number of methoxy groups -OCH3 is 2. The molecule has 0 aliphatic heterocycles. The lowest BCUT2D eigenvalue weighted by Gasteiger charge is -2.13. The van der Waals surface area contributed by atoms with Crippen molar-refractivity contribution >= 4 is 5.52 Å². The fourth-order valence-electron chi connectivity index (χ4n) is 3.53. The van der Waals surface area contributed by atoms with Crippen molar-refractivity contribution in [2.45, 2.75) is 20.4 Å². The van der Waals surface area contributed by atoms with Gasteiger partial charge in [0.05, 0.1) is 32.2 Å². The lowest BCUT2D eigenvalue weighted by Crippen LogP contribution is -2.22. The van der Waals surface area contributed by atoms with Gasteiger partial charge in [-0.1, -0.05) is 12.1 Å². The van der Waals surface area contributed by atoms with Crippen molar-refractivity contribution in [3.05, 3.63) is 76.1 Å². The van der Waals surface area contributed by atoms with Gasteiger partial charge in [-0.15, -0.1) is 0 Å². The van der Waals surface area contributed by atoms with Crippen molar-refractivity contribution in [2.75, 3.05) is 14.2 Å². The molecule has 1 aromatic carbocycles. The number of hydrogen-bond acceptors (Lipinski definition) is 5. The zero-order valence-electron chi connectivity index (χ0n) is 16.8. The summed E-state index contributed by atoms with van der Waals surface area (Å²) in [6, 6.07) is 9.39. The Labute approximate surface area is 168 Å². The minimum atomic E-state index is -0.137. The molecule has 0 atom stereocenters. The van der Waals surface area contributed by atoms with Crippen LogP contribution in [0.2, 0.25) is 0 Å². The molecule has 7 nitrogen and oxygen atoms in total. The van der Waals surface area contributed by atoms with Gasteiger partial charge in [-0.2, -0.15) is 5.10 Å². The molecule has 4 rings (SSSR count). The number of ether oxygens (including phenoxy) is 2. The van der Waals surface area contributed by atoms with Gasteiger partial charge in [0.1, 0.15) is 17.0 Å². The first-order valence-electron chi connectivity index (χ1n) is 9.24. The van der Waals surface area contributed by atoms with Crippen molar-refractivity contribution in [1.29, 1.82) is 0 Å². The third kappa shape index (κ3) is 3.24. The van der Waals surface area contributed by atoms with Crippen LogP contribution in [0.15, 0.2) is 53.7 Å². The molecule has 3 aromatic heterocycles. The van der Waals surface area contributed by atoms with E-state index in [0.29, 0.717) is 23.5 Å². The van der Waals surface area contributed by atoms with Gasteiger partial charge >= 0.3 is 0 Å². The van der Waals surface area contributed by atoms with Crippen molar-refractivity contribution in [3.8, 4) is 22.8 Å². The van der Waals surface area contributed by atoms with E-state index in [4.69, 9.17) is 9.47 Å². The second-order valence-corrected chi connectivity index (χ2v) is 6.84. The van der Waals surface area contributed by atoms with Crippen LogP contribution >= 0.6 is 0 Å². The predicted molar refractivity (Wildman–Crippen MR) is 111 cm³/mol. The highest BCUT2D eigenvalue weighted by atomic mass is 16.5. The minimum absolute atomic E-state index is 0.137. The number of para-hydroxylation sites is 1. The lowest BCUT2D eigenvalue weighted by molar-refractivity contribution is 0.406. The van der Waals surface area contributed by atoms with E-state index < -0.39 is 0 Å². The monoisotopic (exact) mass is 390 g/mol. The van der Waals surface area contributed by atoms with E-state index >= 15 is 0 Å². The van der Waals surface area contributed by atoms with Crippen LogP contribution in [0.1, 0.15) is 16.8 Å². The van der Waals surface area contributed by atoms with E-state index in [0.717, 1.165) is 28.1 Å². The molecular weight excluding hydrogens is 368 g/mol. The Morgan fingerprint density at radius 2 is 1.86 bits per heavy atom. The molecule has 0 amide bonds. The Bertz CT molecular complexity index is 1260. The summed E-state index contributed by atoms with van der Waals surface area (Å²) in [5, 5.41) is 4.54. The number of aryl methyl sites for hydroxylation is 1. The highest BCUT2D eigenvalue weighted by Crippen LogP contribution is 2.29. The third-order valence-corrected chi connectivity index (χ3v) is 5.06. The third-order valence-electron chi connectivity index (χ3n) is 5.06. The van der Waals surface area contributed by atoms with Gasteiger partial charge in [0.15, 0.2) is 0 Å². The number of nitrogens with zero attached hydrogens (tertiary/aromatic N) is 4. The number of rotatable bonds is 5. The van der Waals surface area contributed by atoms with Gasteiger partial charge in [0.2, 0.25) is 0 Å². The molecule has 0 saturated heterocycles. The van der Waals surface area contributed by atoms with Crippen LogP contribution in [0.4, 0.5) is 0 Å². The fraction of sp³-hybridized carbons (Fsp3) is 0.227. The molecule has 0 aliphatic carbocycles. The molecule has 29 heavy (non-hydrogen) atoms. The van der Waals surface area contributed by atoms with Gasteiger partial charge in [-0.05, 0) is 32.0 Å². The van der Waals surface area contributed by atoms with Gasteiger partial charge in [-0.3, -0.25) is 9.78 Å². The molecule has 0 radical (unpaired) electrons. The van der Waals surface area contributed by atoms with Gasteiger partial charge in [-0.25, -0.2) is 4.52 Å². The molecule has 0 spiro atoms. The van der Waals surface area contributed by atoms with Crippen LogP contribution in [0.5, 0.6) is 11.5 Å². The summed E-state index contributed by atoms with van der Waals surface area (Å²) in [5.41, 5.74) is 4.57. The Kier molecular flexibility index (Phi) is 4.80. The maximum Gasteiger partial charge on any atom is 0.276 e. The van der Waals surface area contributed by atoms with E-state index in [1.807, 2.05) is 38.1 Å². The summed E-state index contributed by atoms with van der Waals surface area (Å²) in [7, 11) is 3.26. The zero-order chi connectivity index (χ0) is 20.5. The highest BCUT2D eigenvalue weighted by molar-refractivity contribution is 5.71. The standard InChI is InChI=1S/C22H22N4O3/c1-14-12-23-18(15(2)21(14)29-4)13-25-9-10-26-19(22(25)27)11-17(24-26)16-7-5-6-8-20(16)28-3/h5-12H,13H2,1-4H3. The molecule has 148 valence electrons. The minimum Gasteiger partial charge on any atom is -0.496 e. The van der Waals surface area contributed by atoms with Crippen molar-refractivity contribution in [1.82, 2.24) is 19.2 Å². The van der Waals surface area contributed by atoms with E-state index in [9.17, 15) is 4.79 Å². The molecule has 0 N–H and O–H groups in total. The van der Waals surface area contributed by atoms with Gasteiger partial charge in [0, 0.05) is 35.3 Å². The van der Waals surface area contributed by atoms with E-state index in [-0.39, 0.29) is 5.56 Å². The Hall–Kier alpha value is -3.61. The van der Waals surface area contributed by atoms with E-state index in [2.05, 4.69) is 10.1 Å². The molecule has 0 aliphatic rings. The molecule has 0 unspecified atom stereocenters. The molecule has 4 aromatic rings. The average molecular weight is 390 g/mol. The largest absolute Gasteiger partial charge is 0.496 e. The predicted octanol–water partition coefficient (Wildman–Crippen LogP) is 3.24. The number of fused-ring (bicyclic) bond motifs is 1. The first-order chi connectivity index (χ1) is 14.0. The summed E-state index contributed by atoms with van der Waals surface area (Å²) in [6.45, 7) is 4.26. The SMILES string of the molecule is COc1ccccc1-c1cc2c(=O)n(Cc3ncc(C)c(OC)c3C)ccn2n1. The molecule has 0 bridgehead atoms. The van der Waals surface area contributed by atoms with Crippen molar-refractivity contribution < 1.29 is 9.47 Å². The number of aromatic nitrogens is 4. The van der Waals surface area contributed by atoms with E-state index in [1.165, 1.54) is 0 Å². The van der Waals surface area contributed by atoms with Crippen LogP contribution in [-0.4, -0.2) is 33.4 Å². The molecular formula is C22H22N4O3. The first kappa shape index (κ1) is 18.7. The number of hydrogen-bond donors (Lipinski definition) is 0. The maximum atomic E-state index is 13.1. The van der Waals surface area contributed by atoms with Crippen LogP contribution in [0.3, 0.4) is 0 Å². The van der Waals surface area contributed by atoms with Gasteiger partial charge in [0.25, 0.3) is 5.56 Å². The Morgan fingerprint density at radius 3 is 2.62 bits per heavy atom. The average Bonchev–Trinajstić information content (AvgIpc) is 3.17. The number of benzene rings is 1. The maximum absolute atomic E-state index is 13.1. The first-order valence-corrected chi connectivity index (χ1v) is 9.24. The van der Waals surface area contributed by atoms with Crippen LogP contribution in [-0.2, 0) is 6.54 Å². The van der Waals surface area contributed by atoms with E-state index in [1.54, 1.807) is 48.0 Å². The number of pyridine rings is 1. The highest BCUT2D eigenvalue weighted by Gasteiger charge is 2.14. The quantitative estimate of drug-likeness (QED) is 0.523. The summed E-state index contributed by atoms with van der Waals surface area (Å²) >= 11 is 0. The lowest BCUT2D eigenvalue weighted by atomic mass is 10.1. The Balaban J connectivity index is 1.77. The zero-order valence-corrected chi connectivity index (χ0v) is 16.8. The summed E-state index contributed by atoms with van der Waals surface area (Å²) in [5.74, 6) is 1.51. The summed E-state index contributed by atoms with van der Waals surface area (Å²) in [4.78, 5) is 17.6. The van der Waals surface area contributed by atoms with Crippen LogP contribution in [0, 0.1) is 13.8 Å².